The van der Waals surface area contributed by atoms with Crippen LogP contribution in [0.15, 0.2) is 35.3 Å². The summed E-state index contributed by atoms with van der Waals surface area (Å²) in [5.74, 6) is -1.24. The number of rotatable bonds is 2. The number of aromatic nitrogens is 2. The van der Waals surface area contributed by atoms with Gasteiger partial charge in [0.05, 0.1) is 0 Å². The second-order valence-corrected chi connectivity index (χ2v) is 3.85. The van der Waals surface area contributed by atoms with Crippen LogP contribution in [0.5, 0.6) is 0 Å². The maximum Gasteiger partial charge on any atom is 0.347 e. The first-order valence-electron chi connectivity index (χ1n) is 5.44. The summed E-state index contributed by atoms with van der Waals surface area (Å²) in [4.78, 5) is 27.9. The minimum atomic E-state index is -0.821. The smallest absolute Gasteiger partial charge is 0.310 e. The summed E-state index contributed by atoms with van der Waals surface area (Å²) >= 11 is 0. The number of aryl methyl sites for hydroxylation is 1. The Bertz CT molecular complexity index is 652. The monoisotopic (exact) mass is 262 g/mol. The number of aromatic amines is 1. The molecule has 0 saturated heterocycles. The van der Waals surface area contributed by atoms with Crippen LogP contribution in [-0.2, 0) is 0 Å². The van der Waals surface area contributed by atoms with Crippen molar-refractivity contribution in [1.82, 2.24) is 9.97 Å². The zero-order chi connectivity index (χ0) is 13.8. The van der Waals surface area contributed by atoms with Crippen LogP contribution >= 0.6 is 0 Å². The second-order valence-electron chi connectivity index (χ2n) is 3.85. The molecule has 1 aromatic carbocycles. The number of halogens is 1. The molecule has 1 aromatic heterocycles. The van der Waals surface area contributed by atoms with E-state index in [4.69, 9.17) is 0 Å². The van der Waals surface area contributed by atoms with Gasteiger partial charge in [-0.3, -0.25) is 5.32 Å². The molecule has 3 N–H and O–H groups in total. The molecular weight excluding hydrogens is 251 g/mol. The summed E-state index contributed by atoms with van der Waals surface area (Å²) in [5, 5.41) is 4.65. The average molecular weight is 262 g/mol. The van der Waals surface area contributed by atoms with Crippen LogP contribution < -0.4 is 16.3 Å². The molecule has 0 unspecified atom stereocenters. The van der Waals surface area contributed by atoms with E-state index in [1.165, 1.54) is 0 Å². The number of nitrogens with zero attached hydrogens (tertiary/aromatic N) is 1. The second kappa shape index (κ2) is 5.30. The van der Waals surface area contributed by atoms with Crippen molar-refractivity contribution in [2.75, 3.05) is 10.6 Å². The molecule has 0 aliphatic rings. The van der Waals surface area contributed by atoms with Crippen molar-refractivity contribution in [2.24, 2.45) is 0 Å². The molecule has 0 saturated carbocycles. The number of anilines is 2. The molecular formula is C12H11FN4O2. The van der Waals surface area contributed by atoms with Gasteiger partial charge in [-0.1, -0.05) is 17.7 Å². The highest BCUT2D eigenvalue weighted by Gasteiger charge is 2.09. The number of carbonyl (C=O) groups is 1. The minimum Gasteiger partial charge on any atom is -0.310 e. The van der Waals surface area contributed by atoms with Crippen LogP contribution in [0.25, 0.3) is 0 Å². The van der Waals surface area contributed by atoms with Crippen molar-refractivity contribution in [3.8, 4) is 0 Å². The number of nitrogens with one attached hydrogen (secondary N) is 3. The van der Waals surface area contributed by atoms with Crippen molar-refractivity contribution < 1.29 is 9.18 Å². The summed E-state index contributed by atoms with van der Waals surface area (Å²) in [7, 11) is 0. The first-order chi connectivity index (χ1) is 9.04. The third-order valence-corrected chi connectivity index (χ3v) is 2.30. The largest absolute Gasteiger partial charge is 0.347 e. The Kier molecular flexibility index (Phi) is 3.56. The van der Waals surface area contributed by atoms with Crippen LogP contribution in [0, 0.1) is 12.7 Å². The van der Waals surface area contributed by atoms with Gasteiger partial charge in [0.15, 0.2) is 11.6 Å². The summed E-state index contributed by atoms with van der Waals surface area (Å²) in [6.07, 6.45) is 0.830. The maximum absolute atomic E-state index is 13.2. The van der Waals surface area contributed by atoms with E-state index in [0.717, 1.165) is 11.8 Å². The van der Waals surface area contributed by atoms with Gasteiger partial charge in [-0.15, -0.1) is 0 Å². The van der Waals surface area contributed by atoms with Gasteiger partial charge in [0, 0.05) is 11.9 Å². The topological polar surface area (TPSA) is 86.9 Å². The molecule has 7 heteroatoms. The number of urea groups is 1. The van der Waals surface area contributed by atoms with E-state index >= 15 is 0 Å². The third-order valence-electron chi connectivity index (χ3n) is 2.30. The normalized spacial score (nSPS) is 10.0. The fourth-order valence-corrected chi connectivity index (χ4v) is 1.38. The van der Waals surface area contributed by atoms with Crippen LogP contribution in [0.2, 0.25) is 0 Å². The van der Waals surface area contributed by atoms with Gasteiger partial charge < -0.3 is 10.3 Å². The summed E-state index contributed by atoms with van der Waals surface area (Å²) in [5.41, 5.74) is 0.855. The maximum atomic E-state index is 13.2. The van der Waals surface area contributed by atoms with Crippen molar-refractivity contribution >= 4 is 17.5 Å². The number of amides is 2. The van der Waals surface area contributed by atoms with Gasteiger partial charge in [0.25, 0.3) is 0 Å². The lowest BCUT2D eigenvalue weighted by Crippen LogP contribution is -2.23. The van der Waals surface area contributed by atoms with Gasteiger partial charge in [0.2, 0.25) is 0 Å². The molecule has 98 valence electrons. The van der Waals surface area contributed by atoms with Gasteiger partial charge in [0.1, 0.15) is 0 Å². The highest BCUT2D eigenvalue weighted by molar-refractivity contribution is 5.99. The molecule has 0 aliphatic carbocycles. The number of carbonyl (C=O) groups excluding carboxylic acids is 1. The van der Waals surface area contributed by atoms with Crippen molar-refractivity contribution in [3.05, 3.63) is 52.3 Å². The van der Waals surface area contributed by atoms with E-state index < -0.39 is 23.4 Å². The molecule has 2 rings (SSSR count). The SMILES string of the molecule is Cc1ccc(NC(=O)Nc2nc(=O)[nH]cc2F)cc1. The molecule has 6 nitrogen and oxygen atoms in total. The van der Waals surface area contributed by atoms with Crippen molar-refractivity contribution in [2.45, 2.75) is 6.92 Å². The molecule has 0 bridgehead atoms. The predicted molar refractivity (Wildman–Crippen MR) is 68.6 cm³/mol. The molecule has 0 fully saturated rings. The number of hydrogen-bond donors (Lipinski definition) is 3. The molecule has 0 spiro atoms. The van der Waals surface area contributed by atoms with Gasteiger partial charge in [-0.25, -0.2) is 14.0 Å². The lowest BCUT2D eigenvalue weighted by Gasteiger charge is -2.07. The molecule has 0 aliphatic heterocycles. The molecule has 2 aromatic rings. The molecule has 0 radical (unpaired) electrons. The van der Waals surface area contributed by atoms with Gasteiger partial charge >= 0.3 is 11.7 Å². The quantitative estimate of drug-likeness (QED) is 0.772. The average Bonchev–Trinajstić information content (AvgIpc) is 2.37. The molecule has 19 heavy (non-hydrogen) atoms. The summed E-state index contributed by atoms with van der Waals surface area (Å²) < 4.78 is 13.2. The zero-order valence-electron chi connectivity index (χ0n) is 10.0. The Morgan fingerprint density at radius 2 is 1.95 bits per heavy atom. The van der Waals surface area contributed by atoms with E-state index in [2.05, 4.69) is 20.6 Å². The Morgan fingerprint density at radius 1 is 1.26 bits per heavy atom. The summed E-state index contributed by atoms with van der Waals surface area (Å²) in [6.45, 7) is 1.92. The number of hydrogen-bond acceptors (Lipinski definition) is 3. The number of benzene rings is 1. The van der Waals surface area contributed by atoms with Crippen LogP contribution in [0.3, 0.4) is 0 Å². The van der Waals surface area contributed by atoms with Gasteiger partial charge in [-0.2, -0.15) is 4.98 Å². The third kappa shape index (κ3) is 3.38. The van der Waals surface area contributed by atoms with Crippen molar-refractivity contribution in [1.29, 1.82) is 0 Å². The minimum absolute atomic E-state index is 0.423. The van der Waals surface area contributed by atoms with E-state index in [-0.39, 0.29) is 0 Å². The van der Waals surface area contributed by atoms with Crippen LogP contribution in [0.1, 0.15) is 5.56 Å². The lowest BCUT2D eigenvalue weighted by molar-refractivity contribution is 0.262. The van der Waals surface area contributed by atoms with E-state index in [1.807, 2.05) is 19.1 Å². The van der Waals surface area contributed by atoms with E-state index in [9.17, 15) is 14.0 Å². The first-order valence-corrected chi connectivity index (χ1v) is 5.44. The van der Waals surface area contributed by atoms with Crippen LogP contribution in [-0.4, -0.2) is 16.0 Å². The fourth-order valence-electron chi connectivity index (χ4n) is 1.38. The highest BCUT2D eigenvalue weighted by Crippen LogP contribution is 2.10. The first kappa shape index (κ1) is 12.7. The highest BCUT2D eigenvalue weighted by atomic mass is 19.1. The lowest BCUT2D eigenvalue weighted by atomic mass is 10.2. The molecule has 2 amide bonds. The molecule has 1 heterocycles. The summed E-state index contributed by atoms with van der Waals surface area (Å²) in [6, 6.07) is 6.37. The number of H-pyrrole nitrogens is 1. The zero-order valence-corrected chi connectivity index (χ0v) is 10.0. The predicted octanol–water partition coefficient (Wildman–Crippen LogP) is 1.86. The standard InChI is InChI=1S/C12H11FN4O2/c1-7-2-4-8(5-3-7)15-12(19)17-10-9(13)6-14-11(18)16-10/h2-6H,1H3,(H3,14,15,16,17,18,19). The van der Waals surface area contributed by atoms with E-state index in [1.54, 1.807) is 12.1 Å². The Morgan fingerprint density at radius 3 is 2.63 bits per heavy atom. The van der Waals surface area contributed by atoms with Crippen molar-refractivity contribution in [3.63, 3.8) is 0 Å². The molecule has 0 atom stereocenters. The van der Waals surface area contributed by atoms with Crippen LogP contribution in [0.4, 0.5) is 20.7 Å². The fraction of sp³-hybridized carbons (Fsp3) is 0.0833. The van der Waals surface area contributed by atoms with Gasteiger partial charge in [-0.05, 0) is 19.1 Å². The van der Waals surface area contributed by atoms with E-state index in [0.29, 0.717) is 5.69 Å². The Labute approximate surface area is 107 Å². The Hall–Kier alpha value is -2.70. The Balaban J connectivity index is 2.07.